The summed E-state index contributed by atoms with van der Waals surface area (Å²) in [5.74, 6) is -0.525. The van der Waals surface area contributed by atoms with E-state index in [1.54, 1.807) is 45.9 Å². The van der Waals surface area contributed by atoms with E-state index >= 15 is 0 Å². The lowest BCUT2D eigenvalue weighted by Crippen LogP contribution is -2.54. The Balaban J connectivity index is 2.09. The number of rotatable bonds is 5. The van der Waals surface area contributed by atoms with Gasteiger partial charge in [-0.2, -0.15) is 0 Å². The van der Waals surface area contributed by atoms with Gasteiger partial charge in [-0.15, -0.1) is 0 Å². The lowest BCUT2D eigenvalue weighted by Gasteiger charge is -2.45. The largest absolute Gasteiger partial charge is 0.493 e. The number of hydrogen-bond donors (Lipinski definition) is 1. The Morgan fingerprint density at radius 1 is 1.19 bits per heavy atom. The first-order valence-corrected chi connectivity index (χ1v) is 10.3. The van der Waals surface area contributed by atoms with Crippen LogP contribution in [0.15, 0.2) is 36.4 Å². The maximum Gasteiger partial charge on any atom is 0.411 e. The van der Waals surface area contributed by atoms with Crippen molar-refractivity contribution in [2.45, 2.75) is 51.7 Å². The summed E-state index contributed by atoms with van der Waals surface area (Å²) in [5, 5.41) is 9.65. The van der Waals surface area contributed by atoms with Gasteiger partial charge in [0.1, 0.15) is 17.2 Å². The molecule has 0 bridgehead atoms. The van der Waals surface area contributed by atoms with E-state index in [0.717, 1.165) is 5.56 Å². The van der Waals surface area contributed by atoms with Gasteiger partial charge < -0.3 is 19.3 Å². The Kier molecular flexibility index (Phi) is 6.34. The lowest BCUT2D eigenvalue weighted by molar-refractivity contribution is -0.140. The number of fused-ring (bicyclic) bond motifs is 1. The Bertz CT molecular complexity index is 1030. The van der Waals surface area contributed by atoms with Crippen LogP contribution in [0.4, 0.5) is 9.18 Å². The molecule has 1 atom stereocenters. The van der Waals surface area contributed by atoms with Crippen molar-refractivity contribution in [1.82, 2.24) is 4.90 Å². The van der Waals surface area contributed by atoms with Crippen LogP contribution < -0.4 is 9.47 Å². The molecule has 172 valence electrons. The molecule has 32 heavy (non-hydrogen) atoms. The van der Waals surface area contributed by atoms with E-state index in [4.69, 9.17) is 14.2 Å². The molecular weight excluding hydrogens is 417 g/mol. The second-order valence-corrected chi connectivity index (χ2v) is 8.95. The van der Waals surface area contributed by atoms with Crippen LogP contribution in [0.1, 0.15) is 45.2 Å². The molecule has 0 fully saturated rings. The molecule has 1 aliphatic rings. The minimum Gasteiger partial charge on any atom is -0.493 e. The van der Waals surface area contributed by atoms with E-state index in [1.165, 1.54) is 30.2 Å². The van der Waals surface area contributed by atoms with Gasteiger partial charge in [-0.3, -0.25) is 9.69 Å². The van der Waals surface area contributed by atoms with Gasteiger partial charge in [-0.1, -0.05) is 6.07 Å². The van der Waals surface area contributed by atoms with Gasteiger partial charge >= 0.3 is 12.1 Å². The molecule has 1 amide bonds. The Labute approximate surface area is 186 Å². The summed E-state index contributed by atoms with van der Waals surface area (Å²) in [6, 6.07) is 9.11. The predicted molar refractivity (Wildman–Crippen MR) is 116 cm³/mol. The number of methoxy groups -OCH3 is 1. The molecule has 0 aliphatic carbocycles. The molecule has 1 aliphatic heterocycles. The van der Waals surface area contributed by atoms with Crippen LogP contribution in [0, 0.1) is 5.82 Å². The molecule has 3 rings (SSSR count). The first kappa shape index (κ1) is 23.4. The van der Waals surface area contributed by atoms with E-state index < -0.39 is 29.0 Å². The second-order valence-electron chi connectivity index (χ2n) is 8.95. The quantitative estimate of drug-likeness (QED) is 0.688. The zero-order valence-electron chi connectivity index (χ0n) is 18.9. The number of carbonyl (C=O) groups excluding carboxylic acids is 1. The highest BCUT2D eigenvalue weighted by Crippen LogP contribution is 2.44. The molecule has 0 aromatic heterocycles. The predicted octanol–water partition coefficient (Wildman–Crippen LogP) is 5.11. The molecule has 0 radical (unpaired) electrons. The number of aliphatic carboxylic acids is 1. The summed E-state index contributed by atoms with van der Waals surface area (Å²) in [4.78, 5) is 26.2. The molecule has 1 unspecified atom stereocenters. The van der Waals surface area contributed by atoms with Crippen molar-refractivity contribution < 1.29 is 33.3 Å². The fraction of sp³-hybridized carbons (Fsp3) is 0.417. The van der Waals surface area contributed by atoms with Crippen LogP contribution in [0.3, 0.4) is 0 Å². The summed E-state index contributed by atoms with van der Waals surface area (Å²) in [6.07, 6.45) is -0.430. The number of nitrogens with zero attached hydrogens (tertiary/aromatic N) is 1. The summed E-state index contributed by atoms with van der Waals surface area (Å²) >= 11 is 0. The van der Waals surface area contributed by atoms with Crippen molar-refractivity contribution >= 4 is 12.1 Å². The third-order valence-electron chi connectivity index (χ3n) is 5.30. The van der Waals surface area contributed by atoms with Gasteiger partial charge in [0.2, 0.25) is 0 Å². The monoisotopic (exact) mass is 445 g/mol. The van der Waals surface area contributed by atoms with E-state index in [-0.39, 0.29) is 12.2 Å². The highest BCUT2D eigenvalue weighted by molar-refractivity contribution is 5.75. The highest BCUT2D eigenvalue weighted by atomic mass is 19.1. The van der Waals surface area contributed by atoms with Crippen LogP contribution in [-0.4, -0.2) is 41.3 Å². The molecule has 8 heteroatoms. The van der Waals surface area contributed by atoms with Gasteiger partial charge in [0, 0.05) is 12.6 Å². The molecule has 2 aromatic rings. The van der Waals surface area contributed by atoms with E-state index in [2.05, 4.69) is 0 Å². The SMILES string of the molecule is COc1cc2c(cc1Oc1cccc(F)c1)C(C)(CC(=O)O)N(C(=O)OC(C)(C)C)CC2. The normalized spacial score (nSPS) is 18.0. The fourth-order valence-electron chi connectivity index (χ4n) is 3.93. The topological polar surface area (TPSA) is 85.3 Å². The van der Waals surface area contributed by atoms with Crippen molar-refractivity contribution in [3.63, 3.8) is 0 Å². The first-order valence-electron chi connectivity index (χ1n) is 10.3. The van der Waals surface area contributed by atoms with E-state index in [9.17, 15) is 19.1 Å². The average Bonchev–Trinajstić information content (AvgIpc) is 2.66. The maximum atomic E-state index is 13.6. The third kappa shape index (κ3) is 4.95. The number of amides is 1. The summed E-state index contributed by atoms with van der Waals surface area (Å²) in [6.45, 7) is 7.26. The number of ether oxygens (including phenoxy) is 3. The van der Waals surface area contributed by atoms with Crippen molar-refractivity contribution in [3.05, 3.63) is 53.3 Å². The molecule has 1 N–H and O–H groups in total. The molecule has 0 saturated carbocycles. The Hall–Kier alpha value is -3.29. The van der Waals surface area contributed by atoms with Crippen molar-refractivity contribution in [2.24, 2.45) is 0 Å². The number of carbonyl (C=O) groups is 2. The fourth-order valence-corrected chi connectivity index (χ4v) is 3.93. The third-order valence-corrected chi connectivity index (χ3v) is 5.30. The van der Waals surface area contributed by atoms with Crippen molar-refractivity contribution in [1.29, 1.82) is 0 Å². The molecular formula is C24H28FNO6. The minimum atomic E-state index is -1.19. The van der Waals surface area contributed by atoms with Crippen LogP contribution in [-0.2, 0) is 21.5 Å². The van der Waals surface area contributed by atoms with Crippen LogP contribution >= 0.6 is 0 Å². The zero-order chi connectivity index (χ0) is 23.7. The van der Waals surface area contributed by atoms with Crippen LogP contribution in [0.2, 0.25) is 0 Å². The first-order chi connectivity index (χ1) is 14.9. The smallest absolute Gasteiger partial charge is 0.411 e. The van der Waals surface area contributed by atoms with Crippen molar-refractivity contribution in [3.8, 4) is 17.2 Å². The van der Waals surface area contributed by atoms with Gasteiger partial charge in [0.15, 0.2) is 11.5 Å². The average molecular weight is 445 g/mol. The maximum absolute atomic E-state index is 13.6. The summed E-state index contributed by atoms with van der Waals surface area (Å²) < 4.78 is 30.5. The van der Waals surface area contributed by atoms with Gasteiger partial charge in [0.25, 0.3) is 0 Å². The van der Waals surface area contributed by atoms with Crippen LogP contribution in [0.25, 0.3) is 0 Å². The molecule has 0 spiro atoms. The number of benzene rings is 2. The van der Waals surface area contributed by atoms with Gasteiger partial charge in [-0.25, -0.2) is 9.18 Å². The number of halogens is 1. The number of hydrogen-bond acceptors (Lipinski definition) is 5. The highest BCUT2D eigenvalue weighted by Gasteiger charge is 2.45. The molecule has 1 heterocycles. The Morgan fingerprint density at radius 2 is 1.91 bits per heavy atom. The van der Waals surface area contributed by atoms with E-state index in [0.29, 0.717) is 30.0 Å². The zero-order valence-corrected chi connectivity index (χ0v) is 18.9. The lowest BCUT2D eigenvalue weighted by atomic mass is 9.79. The molecule has 2 aromatic carbocycles. The Morgan fingerprint density at radius 3 is 2.50 bits per heavy atom. The number of carboxylic acid groups (broad SMARTS) is 1. The van der Waals surface area contributed by atoms with E-state index in [1.807, 2.05) is 0 Å². The van der Waals surface area contributed by atoms with Crippen molar-refractivity contribution in [2.75, 3.05) is 13.7 Å². The minimum absolute atomic E-state index is 0.267. The van der Waals surface area contributed by atoms with Gasteiger partial charge in [0.05, 0.1) is 19.1 Å². The summed E-state index contributed by atoms with van der Waals surface area (Å²) in [7, 11) is 1.49. The molecule has 7 nitrogen and oxygen atoms in total. The van der Waals surface area contributed by atoms with Crippen LogP contribution in [0.5, 0.6) is 17.2 Å². The second kappa shape index (κ2) is 8.68. The number of carboxylic acids is 1. The molecule has 0 saturated heterocycles. The summed E-state index contributed by atoms with van der Waals surface area (Å²) in [5.41, 5.74) is -0.456. The standard InChI is InChI=1S/C24H28FNO6/c1-23(2,3)32-22(29)26-10-9-15-11-19(30-5)20(31-17-8-6-7-16(25)12-17)13-18(15)24(26,4)14-21(27)28/h6-8,11-13H,9-10,14H2,1-5H3,(H,27,28). The van der Waals surface area contributed by atoms with Gasteiger partial charge in [-0.05, 0) is 69.5 Å².